The normalized spacial score (nSPS) is 16.0. The molecule has 0 amide bonds. The number of morpholine rings is 1. The van der Waals surface area contributed by atoms with Crippen molar-refractivity contribution in [3.8, 4) is 0 Å². The summed E-state index contributed by atoms with van der Waals surface area (Å²) in [4.78, 5) is 14.8. The molecule has 1 aliphatic rings. The average molecular weight is 381 g/mol. The van der Waals surface area contributed by atoms with Crippen molar-refractivity contribution < 1.29 is 9.53 Å². The molecule has 2 heterocycles. The van der Waals surface area contributed by atoms with Crippen LogP contribution in [0.1, 0.15) is 24.2 Å². The van der Waals surface area contributed by atoms with Gasteiger partial charge in [-0.25, -0.2) is 0 Å². The Morgan fingerprint density at radius 1 is 1.36 bits per heavy atom. The minimum Gasteiger partial charge on any atom is -0.378 e. The maximum Gasteiger partial charge on any atom is 0.228 e. The lowest BCUT2D eigenvalue weighted by Crippen LogP contribution is -2.38. The van der Waals surface area contributed by atoms with Crippen molar-refractivity contribution in [3.05, 3.63) is 34.9 Å². The van der Waals surface area contributed by atoms with Gasteiger partial charge in [0.15, 0.2) is 10.9 Å². The van der Waals surface area contributed by atoms with Crippen molar-refractivity contribution in [3.63, 3.8) is 0 Å². The number of nitrogens with zero attached hydrogens (tertiary/aromatic N) is 4. The Bertz CT molecular complexity index is 746. The minimum atomic E-state index is -0.273. The van der Waals surface area contributed by atoms with E-state index in [0.717, 1.165) is 30.7 Å². The first-order valence-electron chi connectivity index (χ1n) is 8.32. The fraction of sp³-hybridized carbons (Fsp3) is 0.471. The Labute approximate surface area is 156 Å². The Balaban J connectivity index is 1.75. The summed E-state index contributed by atoms with van der Waals surface area (Å²) in [5.74, 6) is 0.877. The van der Waals surface area contributed by atoms with Crippen LogP contribution in [0.4, 0.5) is 5.95 Å². The number of ether oxygens (including phenoxy) is 1. The third-order valence-electron chi connectivity index (χ3n) is 4.07. The zero-order valence-electron chi connectivity index (χ0n) is 14.3. The number of hydrogen-bond donors (Lipinski definition) is 0. The largest absolute Gasteiger partial charge is 0.378 e. The van der Waals surface area contributed by atoms with E-state index >= 15 is 0 Å². The molecular weight excluding hydrogens is 360 g/mol. The molecule has 3 rings (SSSR count). The summed E-state index contributed by atoms with van der Waals surface area (Å²) in [5, 5.41) is 9.70. The van der Waals surface area contributed by atoms with E-state index in [2.05, 4.69) is 26.6 Å². The maximum absolute atomic E-state index is 12.6. The molecule has 0 aliphatic carbocycles. The number of Topliss-reactive ketones (excluding diaryl/α,β-unsaturated/α-hetero) is 1. The third-order valence-corrected chi connectivity index (χ3v) is 5.38. The SMILES string of the molecule is CCn1c(S[C@H](C)C(=O)c2cccc(Cl)c2)nnc1N1CCOCC1. The quantitative estimate of drug-likeness (QED) is 0.566. The molecule has 1 aromatic carbocycles. The fourth-order valence-electron chi connectivity index (χ4n) is 2.73. The molecule has 0 N–H and O–H groups in total. The van der Waals surface area contributed by atoms with Crippen LogP contribution in [-0.2, 0) is 11.3 Å². The molecule has 1 aliphatic heterocycles. The van der Waals surface area contributed by atoms with E-state index in [1.807, 2.05) is 6.92 Å². The van der Waals surface area contributed by atoms with E-state index in [4.69, 9.17) is 16.3 Å². The van der Waals surface area contributed by atoms with E-state index in [1.165, 1.54) is 11.8 Å². The second kappa shape index (κ2) is 8.21. The zero-order chi connectivity index (χ0) is 17.8. The highest BCUT2D eigenvalue weighted by atomic mass is 35.5. The van der Waals surface area contributed by atoms with Gasteiger partial charge in [-0.1, -0.05) is 35.5 Å². The van der Waals surface area contributed by atoms with E-state index in [0.29, 0.717) is 23.8 Å². The molecule has 0 spiro atoms. The summed E-state index contributed by atoms with van der Waals surface area (Å²) in [6, 6.07) is 7.04. The van der Waals surface area contributed by atoms with Crippen LogP contribution < -0.4 is 4.90 Å². The van der Waals surface area contributed by atoms with E-state index in [1.54, 1.807) is 24.3 Å². The van der Waals surface area contributed by atoms with Gasteiger partial charge in [0, 0.05) is 30.2 Å². The Morgan fingerprint density at radius 2 is 2.12 bits per heavy atom. The number of carbonyl (C=O) groups is 1. The van der Waals surface area contributed by atoms with E-state index in [-0.39, 0.29) is 11.0 Å². The van der Waals surface area contributed by atoms with Crippen LogP contribution in [0.25, 0.3) is 0 Å². The first-order valence-corrected chi connectivity index (χ1v) is 9.58. The highest BCUT2D eigenvalue weighted by molar-refractivity contribution is 8.00. The predicted molar refractivity (Wildman–Crippen MR) is 99.8 cm³/mol. The lowest BCUT2D eigenvalue weighted by Gasteiger charge is -2.27. The number of rotatable bonds is 6. The van der Waals surface area contributed by atoms with Crippen molar-refractivity contribution >= 4 is 35.1 Å². The Kier molecular flexibility index (Phi) is 5.98. The number of halogens is 1. The van der Waals surface area contributed by atoms with Gasteiger partial charge in [0.1, 0.15) is 0 Å². The highest BCUT2D eigenvalue weighted by Gasteiger charge is 2.23. The van der Waals surface area contributed by atoms with Gasteiger partial charge < -0.3 is 9.64 Å². The average Bonchev–Trinajstić information content (AvgIpc) is 3.04. The summed E-state index contributed by atoms with van der Waals surface area (Å²) in [5.41, 5.74) is 0.614. The lowest BCUT2D eigenvalue weighted by atomic mass is 10.1. The first-order chi connectivity index (χ1) is 12.1. The zero-order valence-corrected chi connectivity index (χ0v) is 15.9. The molecule has 0 bridgehead atoms. The maximum atomic E-state index is 12.6. The number of aromatic nitrogens is 3. The van der Waals surface area contributed by atoms with Crippen LogP contribution in [0.5, 0.6) is 0 Å². The molecule has 0 saturated carbocycles. The summed E-state index contributed by atoms with van der Waals surface area (Å²) >= 11 is 7.42. The van der Waals surface area contributed by atoms with Gasteiger partial charge in [-0.3, -0.25) is 9.36 Å². The van der Waals surface area contributed by atoms with Crippen molar-refractivity contribution in [2.75, 3.05) is 31.2 Å². The number of thioether (sulfide) groups is 1. The van der Waals surface area contributed by atoms with Crippen LogP contribution in [-0.4, -0.2) is 52.1 Å². The first kappa shape index (κ1) is 18.2. The summed E-state index contributed by atoms with van der Waals surface area (Å²) < 4.78 is 7.45. The van der Waals surface area contributed by atoms with Gasteiger partial charge in [-0.2, -0.15) is 0 Å². The van der Waals surface area contributed by atoms with E-state index in [9.17, 15) is 4.79 Å². The van der Waals surface area contributed by atoms with Crippen LogP contribution in [0, 0.1) is 0 Å². The van der Waals surface area contributed by atoms with Crippen LogP contribution in [0.3, 0.4) is 0 Å². The Hall–Kier alpha value is -1.57. The van der Waals surface area contributed by atoms with Crippen molar-refractivity contribution in [2.24, 2.45) is 0 Å². The van der Waals surface area contributed by atoms with Crippen molar-refractivity contribution in [1.29, 1.82) is 0 Å². The topological polar surface area (TPSA) is 60.2 Å². The number of hydrogen-bond acceptors (Lipinski definition) is 6. The molecule has 1 fully saturated rings. The second-order valence-corrected chi connectivity index (χ2v) is 7.51. The van der Waals surface area contributed by atoms with Gasteiger partial charge in [-0.05, 0) is 26.0 Å². The smallest absolute Gasteiger partial charge is 0.228 e. The van der Waals surface area contributed by atoms with Gasteiger partial charge in [0.25, 0.3) is 0 Å². The fourth-order valence-corrected chi connectivity index (χ4v) is 3.91. The monoisotopic (exact) mass is 380 g/mol. The predicted octanol–water partition coefficient (Wildman–Crippen LogP) is 3.15. The summed E-state index contributed by atoms with van der Waals surface area (Å²) in [7, 11) is 0. The number of carbonyl (C=O) groups excluding carboxylic acids is 1. The number of benzene rings is 1. The van der Waals surface area contributed by atoms with Gasteiger partial charge >= 0.3 is 0 Å². The van der Waals surface area contributed by atoms with Crippen molar-refractivity contribution in [2.45, 2.75) is 30.8 Å². The van der Waals surface area contributed by atoms with Gasteiger partial charge in [0.2, 0.25) is 5.95 Å². The van der Waals surface area contributed by atoms with Crippen LogP contribution >= 0.6 is 23.4 Å². The molecule has 0 radical (unpaired) electrons. The van der Waals surface area contributed by atoms with Crippen LogP contribution in [0.2, 0.25) is 5.02 Å². The molecule has 2 aromatic rings. The molecule has 6 nitrogen and oxygen atoms in total. The summed E-state index contributed by atoms with van der Waals surface area (Å²) in [6.45, 7) is 7.70. The molecule has 8 heteroatoms. The molecule has 25 heavy (non-hydrogen) atoms. The van der Waals surface area contributed by atoms with Gasteiger partial charge in [0.05, 0.1) is 18.5 Å². The standard InChI is InChI=1S/C17H21ClN4O2S/c1-3-22-16(21-7-9-24-10-8-21)19-20-17(22)25-12(2)15(23)13-5-4-6-14(18)11-13/h4-6,11-12H,3,7-10H2,1-2H3/t12-/m1/s1. The summed E-state index contributed by atoms with van der Waals surface area (Å²) in [6.07, 6.45) is 0. The lowest BCUT2D eigenvalue weighted by molar-refractivity contribution is 0.0994. The molecule has 0 unspecified atom stereocenters. The van der Waals surface area contributed by atoms with E-state index < -0.39 is 0 Å². The number of anilines is 1. The van der Waals surface area contributed by atoms with Gasteiger partial charge in [-0.15, -0.1) is 10.2 Å². The molecule has 1 saturated heterocycles. The molecule has 134 valence electrons. The number of ketones is 1. The van der Waals surface area contributed by atoms with Crippen molar-refractivity contribution in [1.82, 2.24) is 14.8 Å². The molecular formula is C17H21ClN4O2S. The third kappa shape index (κ3) is 4.16. The minimum absolute atomic E-state index is 0.0334. The molecule has 1 aromatic heterocycles. The molecule has 1 atom stereocenters. The Morgan fingerprint density at radius 3 is 2.80 bits per heavy atom. The van der Waals surface area contributed by atoms with Crippen LogP contribution in [0.15, 0.2) is 29.4 Å². The highest BCUT2D eigenvalue weighted by Crippen LogP contribution is 2.28. The second-order valence-electron chi connectivity index (χ2n) is 5.76.